The molecule has 1 fully saturated rings. The van der Waals surface area contributed by atoms with Gasteiger partial charge in [0.25, 0.3) is 0 Å². The average molecular weight is 355 g/mol. The van der Waals surface area contributed by atoms with Crippen LogP contribution in [0, 0.1) is 17.8 Å². The predicted octanol–water partition coefficient (Wildman–Crippen LogP) is 3.63. The number of carbonyl (C=O) groups excluding carboxylic acids is 1. The van der Waals surface area contributed by atoms with Gasteiger partial charge in [0.05, 0.1) is 6.10 Å². The minimum absolute atomic E-state index is 0.0488. The van der Waals surface area contributed by atoms with Gasteiger partial charge in [0.15, 0.2) is 0 Å². The number of unbranched alkanes of at least 4 members (excludes halogenated alkanes) is 5. The van der Waals surface area contributed by atoms with Crippen LogP contribution in [0.5, 0.6) is 0 Å². The second-order valence-electron chi connectivity index (χ2n) is 7.56. The van der Waals surface area contributed by atoms with E-state index in [0.29, 0.717) is 0 Å². The van der Waals surface area contributed by atoms with Gasteiger partial charge < -0.3 is 15.3 Å². The van der Waals surface area contributed by atoms with E-state index in [2.05, 4.69) is 13.0 Å². The van der Waals surface area contributed by atoms with E-state index in [-0.39, 0.29) is 43.2 Å². The molecule has 25 heavy (non-hydrogen) atoms. The van der Waals surface area contributed by atoms with E-state index in [4.69, 9.17) is 5.11 Å². The van der Waals surface area contributed by atoms with Crippen molar-refractivity contribution in [3.8, 4) is 0 Å². The fourth-order valence-corrected chi connectivity index (χ4v) is 3.80. The van der Waals surface area contributed by atoms with E-state index < -0.39 is 6.10 Å². The zero-order valence-corrected chi connectivity index (χ0v) is 15.9. The highest BCUT2D eigenvalue weighted by atomic mass is 16.3. The summed E-state index contributed by atoms with van der Waals surface area (Å²) in [5, 5.41) is 28.4. The van der Waals surface area contributed by atoms with Crippen molar-refractivity contribution < 1.29 is 20.1 Å². The first-order chi connectivity index (χ1) is 12.1. The Bertz CT molecular complexity index is 380. The zero-order valence-electron chi connectivity index (χ0n) is 15.9. The summed E-state index contributed by atoms with van der Waals surface area (Å²) in [5.41, 5.74) is 0. The van der Waals surface area contributed by atoms with Crippen LogP contribution in [0.4, 0.5) is 0 Å². The maximum absolute atomic E-state index is 12.2. The number of carbonyl (C=O) groups is 1. The third kappa shape index (κ3) is 8.48. The first kappa shape index (κ1) is 22.3. The monoisotopic (exact) mass is 354 g/mol. The van der Waals surface area contributed by atoms with Crippen LogP contribution in [0.1, 0.15) is 77.6 Å². The first-order valence-corrected chi connectivity index (χ1v) is 10.2. The summed E-state index contributed by atoms with van der Waals surface area (Å²) >= 11 is 0. The Kier molecular flexibility index (Phi) is 12.0. The molecule has 0 aliphatic heterocycles. The van der Waals surface area contributed by atoms with Gasteiger partial charge in [-0.25, -0.2) is 0 Å². The van der Waals surface area contributed by atoms with Crippen LogP contribution < -0.4 is 0 Å². The molecular formula is C21H38O4. The number of hydrogen-bond donors (Lipinski definition) is 3. The number of aliphatic hydroxyl groups excluding tert-OH is 3. The Hall–Kier alpha value is -0.710. The van der Waals surface area contributed by atoms with Crippen molar-refractivity contribution in [1.29, 1.82) is 0 Å². The van der Waals surface area contributed by atoms with Crippen LogP contribution in [-0.4, -0.2) is 40.4 Å². The molecule has 3 N–H and O–H groups in total. The minimum Gasteiger partial charge on any atom is -0.396 e. The van der Waals surface area contributed by atoms with Crippen molar-refractivity contribution in [2.45, 2.75) is 83.7 Å². The van der Waals surface area contributed by atoms with Crippen LogP contribution in [-0.2, 0) is 4.79 Å². The van der Waals surface area contributed by atoms with Gasteiger partial charge >= 0.3 is 0 Å². The van der Waals surface area contributed by atoms with E-state index in [0.717, 1.165) is 64.2 Å². The number of allylic oxidation sites excluding steroid dienone is 1. The molecule has 1 aliphatic rings. The lowest BCUT2D eigenvalue weighted by Gasteiger charge is -2.18. The van der Waals surface area contributed by atoms with Gasteiger partial charge in [0, 0.05) is 31.5 Å². The minimum atomic E-state index is -0.550. The van der Waals surface area contributed by atoms with Crippen molar-refractivity contribution in [3.63, 3.8) is 0 Å². The maximum atomic E-state index is 12.2. The molecule has 0 spiro atoms. The SMILES string of the molecule is CCCC[C@H](CO)C/C=C/[C@H]1C(O)CC(=O)[C@@H]1CCCCCCCO. The number of ketones is 1. The fourth-order valence-electron chi connectivity index (χ4n) is 3.80. The third-order valence-corrected chi connectivity index (χ3v) is 5.46. The van der Waals surface area contributed by atoms with Crippen LogP contribution in [0.15, 0.2) is 12.2 Å². The molecule has 1 saturated carbocycles. The molecule has 146 valence electrons. The molecule has 0 aromatic heterocycles. The molecule has 4 heteroatoms. The van der Waals surface area contributed by atoms with Crippen molar-refractivity contribution in [1.82, 2.24) is 0 Å². The Morgan fingerprint density at radius 3 is 2.52 bits per heavy atom. The summed E-state index contributed by atoms with van der Waals surface area (Å²) in [4.78, 5) is 12.2. The van der Waals surface area contributed by atoms with Gasteiger partial charge in [0.2, 0.25) is 0 Å². The van der Waals surface area contributed by atoms with E-state index in [1.54, 1.807) is 0 Å². The molecule has 0 radical (unpaired) electrons. The molecule has 0 aromatic carbocycles. The lowest BCUT2D eigenvalue weighted by Crippen LogP contribution is -2.18. The predicted molar refractivity (Wildman–Crippen MR) is 101 cm³/mol. The number of aliphatic hydroxyl groups is 3. The van der Waals surface area contributed by atoms with E-state index in [1.165, 1.54) is 0 Å². The Balaban J connectivity index is 2.42. The van der Waals surface area contributed by atoms with E-state index >= 15 is 0 Å². The molecule has 4 nitrogen and oxygen atoms in total. The molecule has 0 heterocycles. The van der Waals surface area contributed by atoms with Crippen LogP contribution >= 0.6 is 0 Å². The first-order valence-electron chi connectivity index (χ1n) is 10.2. The summed E-state index contributed by atoms with van der Waals surface area (Å²) in [5.74, 6) is 0.375. The Labute approximate surface area is 153 Å². The lowest BCUT2D eigenvalue weighted by atomic mass is 9.88. The average Bonchev–Trinajstić information content (AvgIpc) is 2.87. The maximum Gasteiger partial charge on any atom is 0.139 e. The largest absolute Gasteiger partial charge is 0.396 e. The molecule has 0 saturated heterocycles. The van der Waals surface area contributed by atoms with Gasteiger partial charge in [-0.15, -0.1) is 0 Å². The second-order valence-corrected chi connectivity index (χ2v) is 7.56. The number of hydrogen-bond acceptors (Lipinski definition) is 4. The van der Waals surface area contributed by atoms with Gasteiger partial charge in [-0.2, -0.15) is 0 Å². The Morgan fingerprint density at radius 2 is 1.84 bits per heavy atom. The van der Waals surface area contributed by atoms with Crippen molar-refractivity contribution in [2.24, 2.45) is 17.8 Å². The highest BCUT2D eigenvalue weighted by Gasteiger charge is 2.39. The Morgan fingerprint density at radius 1 is 1.12 bits per heavy atom. The summed E-state index contributed by atoms with van der Waals surface area (Å²) in [6.07, 6.45) is 13.9. The van der Waals surface area contributed by atoms with Crippen molar-refractivity contribution in [2.75, 3.05) is 13.2 Å². The van der Waals surface area contributed by atoms with Gasteiger partial charge in [0.1, 0.15) is 5.78 Å². The van der Waals surface area contributed by atoms with E-state index in [1.807, 2.05) is 6.08 Å². The van der Waals surface area contributed by atoms with Crippen molar-refractivity contribution in [3.05, 3.63) is 12.2 Å². The molecule has 0 bridgehead atoms. The molecule has 1 aliphatic carbocycles. The standard InChI is InChI=1S/C21H38O4/c1-2-3-10-17(16-23)11-9-13-19-18(20(24)15-21(19)25)12-7-5-4-6-8-14-22/h9,13,17-19,21-23,25H,2-8,10-12,14-16H2,1H3/b13-9+/t17-,18+,19+,21?/m0/s1. The van der Waals surface area contributed by atoms with Gasteiger partial charge in [-0.05, 0) is 31.6 Å². The fraction of sp³-hybridized carbons (Fsp3) is 0.857. The quantitative estimate of drug-likeness (QED) is 0.329. The highest BCUT2D eigenvalue weighted by molar-refractivity contribution is 5.84. The summed E-state index contributed by atoms with van der Waals surface area (Å²) in [6.45, 7) is 2.61. The van der Waals surface area contributed by atoms with Gasteiger partial charge in [-0.3, -0.25) is 4.79 Å². The normalized spacial score (nSPS) is 25.1. The van der Waals surface area contributed by atoms with Crippen LogP contribution in [0.25, 0.3) is 0 Å². The van der Waals surface area contributed by atoms with Crippen LogP contribution in [0.3, 0.4) is 0 Å². The molecule has 1 unspecified atom stereocenters. The third-order valence-electron chi connectivity index (χ3n) is 5.46. The molecule has 0 aromatic rings. The zero-order chi connectivity index (χ0) is 18.5. The summed E-state index contributed by atoms with van der Waals surface area (Å²) in [7, 11) is 0. The second kappa shape index (κ2) is 13.5. The van der Waals surface area contributed by atoms with E-state index in [9.17, 15) is 15.0 Å². The summed E-state index contributed by atoms with van der Waals surface area (Å²) in [6, 6.07) is 0. The molecule has 0 amide bonds. The summed E-state index contributed by atoms with van der Waals surface area (Å²) < 4.78 is 0. The molecule has 1 rings (SSSR count). The lowest BCUT2D eigenvalue weighted by molar-refractivity contribution is -0.121. The topological polar surface area (TPSA) is 77.8 Å². The van der Waals surface area contributed by atoms with Crippen LogP contribution in [0.2, 0.25) is 0 Å². The molecular weight excluding hydrogens is 316 g/mol. The molecule has 4 atom stereocenters. The number of rotatable bonds is 14. The van der Waals surface area contributed by atoms with Crippen molar-refractivity contribution >= 4 is 5.78 Å². The number of Topliss-reactive ketones (excluding diaryl/α,β-unsaturated/α-hetero) is 1. The van der Waals surface area contributed by atoms with Gasteiger partial charge in [-0.1, -0.05) is 57.6 Å². The smallest absolute Gasteiger partial charge is 0.139 e. The highest BCUT2D eigenvalue weighted by Crippen LogP contribution is 2.34.